The van der Waals surface area contributed by atoms with Gasteiger partial charge in [0.1, 0.15) is 6.07 Å². The lowest BCUT2D eigenvalue weighted by Crippen LogP contribution is -2.15. The molecular weight excluding hydrogens is 368 g/mol. The second-order valence-electron chi connectivity index (χ2n) is 6.53. The smallest absolute Gasteiger partial charge is 0.272 e. The molecule has 0 aliphatic rings. The summed E-state index contributed by atoms with van der Waals surface area (Å²) in [6, 6.07) is 24.5. The standard InChI is InChI=1S/C23H20N2O2S/c1-17-8-13-23(18(2)14-17)25-28(26,27)22(16-24)15-19-9-11-21(12-10-19)20-6-4-3-5-7-20/h3-15,25H,1-2H3/b22-15-. The van der Waals surface area contributed by atoms with Crippen molar-refractivity contribution in [1.82, 2.24) is 0 Å². The zero-order valence-electron chi connectivity index (χ0n) is 15.7. The number of allylic oxidation sites excluding steroid dienone is 1. The molecule has 0 amide bonds. The number of anilines is 1. The summed E-state index contributed by atoms with van der Waals surface area (Å²) in [6.07, 6.45) is 1.38. The summed E-state index contributed by atoms with van der Waals surface area (Å²) in [6.45, 7) is 3.76. The first-order valence-electron chi connectivity index (χ1n) is 8.76. The Morgan fingerprint density at radius 2 is 1.57 bits per heavy atom. The van der Waals surface area contributed by atoms with E-state index in [1.54, 1.807) is 24.3 Å². The van der Waals surface area contributed by atoms with E-state index in [1.165, 1.54) is 6.08 Å². The summed E-state index contributed by atoms with van der Waals surface area (Å²) < 4.78 is 27.8. The zero-order valence-corrected chi connectivity index (χ0v) is 16.5. The van der Waals surface area contributed by atoms with E-state index in [2.05, 4.69) is 4.72 Å². The molecule has 1 N–H and O–H groups in total. The second kappa shape index (κ2) is 8.12. The molecule has 3 rings (SSSR count). The largest absolute Gasteiger partial charge is 0.279 e. The van der Waals surface area contributed by atoms with Crippen molar-refractivity contribution in [2.45, 2.75) is 13.8 Å². The van der Waals surface area contributed by atoms with Crippen LogP contribution in [-0.2, 0) is 10.0 Å². The molecule has 3 aromatic rings. The third kappa shape index (κ3) is 4.48. The molecule has 0 unspecified atom stereocenters. The Bertz CT molecular complexity index is 1160. The molecule has 4 nitrogen and oxygen atoms in total. The predicted molar refractivity (Wildman–Crippen MR) is 114 cm³/mol. The number of hydrogen-bond acceptors (Lipinski definition) is 3. The zero-order chi connectivity index (χ0) is 20.1. The van der Waals surface area contributed by atoms with Gasteiger partial charge in [-0.25, -0.2) is 8.42 Å². The van der Waals surface area contributed by atoms with Crippen molar-refractivity contribution in [3.05, 3.63) is 94.4 Å². The van der Waals surface area contributed by atoms with Gasteiger partial charge in [0.15, 0.2) is 4.91 Å². The van der Waals surface area contributed by atoms with E-state index in [0.29, 0.717) is 11.3 Å². The van der Waals surface area contributed by atoms with Crippen LogP contribution in [0.25, 0.3) is 17.2 Å². The fraction of sp³-hybridized carbons (Fsp3) is 0.0870. The Morgan fingerprint density at radius 1 is 0.929 bits per heavy atom. The van der Waals surface area contributed by atoms with Crippen molar-refractivity contribution >= 4 is 21.8 Å². The Hall–Kier alpha value is -3.36. The third-order valence-electron chi connectivity index (χ3n) is 4.34. The van der Waals surface area contributed by atoms with Crippen LogP contribution in [0.3, 0.4) is 0 Å². The average Bonchev–Trinajstić information content (AvgIpc) is 2.69. The Balaban J connectivity index is 1.87. The molecule has 0 radical (unpaired) electrons. The van der Waals surface area contributed by atoms with Crippen molar-refractivity contribution in [3.63, 3.8) is 0 Å². The summed E-state index contributed by atoms with van der Waals surface area (Å²) in [4.78, 5) is -0.333. The van der Waals surface area contributed by atoms with Gasteiger partial charge in [-0.15, -0.1) is 0 Å². The van der Waals surface area contributed by atoms with Crippen LogP contribution in [0.1, 0.15) is 16.7 Å². The minimum absolute atomic E-state index is 0.333. The van der Waals surface area contributed by atoms with Gasteiger partial charge in [-0.1, -0.05) is 72.3 Å². The van der Waals surface area contributed by atoms with Gasteiger partial charge in [-0.3, -0.25) is 4.72 Å². The molecule has 0 heterocycles. The van der Waals surface area contributed by atoms with Crippen LogP contribution in [0.2, 0.25) is 0 Å². The summed E-state index contributed by atoms with van der Waals surface area (Å²) in [5, 5.41) is 9.41. The van der Waals surface area contributed by atoms with Crippen LogP contribution >= 0.6 is 0 Å². The number of nitrogens with one attached hydrogen (secondary N) is 1. The Kier molecular flexibility index (Phi) is 5.62. The lowest BCUT2D eigenvalue weighted by Gasteiger charge is -2.10. The summed E-state index contributed by atoms with van der Waals surface area (Å²) in [5.74, 6) is 0. The van der Waals surface area contributed by atoms with Gasteiger partial charge in [0.05, 0.1) is 5.69 Å². The highest BCUT2D eigenvalue weighted by atomic mass is 32.2. The summed E-state index contributed by atoms with van der Waals surface area (Å²) in [5.41, 5.74) is 5.03. The minimum Gasteiger partial charge on any atom is -0.279 e. The predicted octanol–water partition coefficient (Wildman–Crippen LogP) is 5.28. The molecule has 0 bridgehead atoms. The SMILES string of the molecule is Cc1ccc(NS(=O)(=O)/C(C#N)=C\c2ccc(-c3ccccc3)cc2)c(C)c1. The van der Waals surface area contributed by atoms with Gasteiger partial charge in [0.25, 0.3) is 10.0 Å². The molecule has 0 fully saturated rings. The lowest BCUT2D eigenvalue weighted by atomic mass is 10.0. The number of hydrogen-bond donors (Lipinski definition) is 1. The normalized spacial score (nSPS) is 11.7. The molecule has 0 aliphatic carbocycles. The van der Waals surface area contributed by atoms with Gasteiger partial charge in [-0.05, 0) is 48.2 Å². The highest BCUT2D eigenvalue weighted by Gasteiger charge is 2.18. The van der Waals surface area contributed by atoms with E-state index in [0.717, 1.165) is 22.3 Å². The summed E-state index contributed by atoms with van der Waals surface area (Å²) in [7, 11) is -3.97. The topological polar surface area (TPSA) is 70.0 Å². The number of rotatable bonds is 5. The average molecular weight is 388 g/mol. The number of benzene rings is 3. The van der Waals surface area contributed by atoms with Crippen LogP contribution in [0.5, 0.6) is 0 Å². The fourth-order valence-corrected chi connectivity index (χ4v) is 3.89. The highest BCUT2D eigenvalue weighted by molar-refractivity contribution is 7.97. The van der Waals surface area contributed by atoms with Crippen LogP contribution in [0.15, 0.2) is 77.7 Å². The van der Waals surface area contributed by atoms with E-state index in [4.69, 9.17) is 0 Å². The van der Waals surface area contributed by atoms with Crippen molar-refractivity contribution in [3.8, 4) is 17.2 Å². The number of nitrogens with zero attached hydrogens (tertiary/aromatic N) is 1. The first kappa shape index (κ1) is 19.4. The van der Waals surface area contributed by atoms with E-state index in [9.17, 15) is 13.7 Å². The van der Waals surface area contributed by atoms with Gasteiger partial charge >= 0.3 is 0 Å². The molecule has 0 atom stereocenters. The minimum atomic E-state index is -3.97. The van der Waals surface area contributed by atoms with Crippen LogP contribution in [0.4, 0.5) is 5.69 Å². The van der Waals surface area contributed by atoms with Crippen LogP contribution in [0, 0.1) is 25.2 Å². The first-order valence-corrected chi connectivity index (χ1v) is 10.2. The van der Waals surface area contributed by atoms with E-state index < -0.39 is 10.0 Å². The van der Waals surface area contributed by atoms with Crippen molar-refractivity contribution in [2.75, 3.05) is 4.72 Å². The first-order chi connectivity index (χ1) is 13.4. The monoisotopic (exact) mass is 388 g/mol. The maximum Gasteiger partial charge on any atom is 0.272 e. The van der Waals surface area contributed by atoms with Crippen molar-refractivity contribution in [2.24, 2.45) is 0 Å². The second-order valence-corrected chi connectivity index (χ2v) is 8.18. The number of sulfonamides is 1. The van der Waals surface area contributed by atoms with Gasteiger partial charge < -0.3 is 0 Å². The van der Waals surface area contributed by atoms with Crippen LogP contribution < -0.4 is 4.72 Å². The molecule has 28 heavy (non-hydrogen) atoms. The van der Waals surface area contributed by atoms with Gasteiger partial charge in [0.2, 0.25) is 0 Å². The quantitative estimate of drug-likeness (QED) is 0.605. The maximum absolute atomic E-state index is 12.7. The summed E-state index contributed by atoms with van der Waals surface area (Å²) >= 11 is 0. The third-order valence-corrected chi connectivity index (χ3v) is 5.62. The van der Waals surface area contributed by atoms with Crippen LogP contribution in [-0.4, -0.2) is 8.42 Å². The Morgan fingerprint density at radius 3 is 2.18 bits per heavy atom. The molecule has 0 spiro atoms. The molecule has 0 aromatic heterocycles. The fourth-order valence-electron chi connectivity index (χ4n) is 2.85. The van der Waals surface area contributed by atoms with E-state index in [1.807, 2.05) is 68.4 Å². The Labute approximate surface area is 165 Å². The molecule has 5 heteroatoms. The molecule has 140 valence electrons. The van der Waals surface area contributed by atoms with E-state index in [-0.39, 0.29) is 4.91 Å². The lowest BCUT2D eigenvalue weighted by molar-refractivity contribution is 0.608. The number of aryl methyl sites for hydroxylation is 2. The molecule has 0 aliphatic heterocycles. The van der Waals surface area contributed by atoms with Gasteiger partial charge in [0, 0.05) is 0 Å². The highest BCUT2D eigenvalue weighted by Crippen LogP contribution is 2.23. The molecular formula is C23H20N2O2S. The molecule has 0 saturated heterocycles. The van der Waals surface area contributed by atoms with Gasteiger partial charge in [-0.2, -0.15) is 5.26 Å². The molecule has 3 aromatic carbocycles. The van der Waals surface area contributed by atoms with Crippen molar-refractivity contribution < 1.29 is 8.42 Å². The molecule has 0 saturated carbocycles. The maximum atomic E-state index is 12.7. The van der Waals surface area contributed by atoms with Crippen molar-refractivity contribution in [1.29, 1.82) is 5.26 Å². The van der Waals surface area contributed by atoms with E-state index >= 15 is 0 Å². The number of nitriles is 1.